The lowest BCUT2D eigenvalue weighted by atomic mass is 10.2. The highest BCUT2D eigenvalue weighted by atomic mass is 32.2. The van der Waals surface area contributed by atoms with Crippen LogP contribution in [0.2, 0.25) is 0 Å². The van der Waals surface area contributed by atoms with Crippen molar-refractivity contribution in [2.45, 2.75) is 25.7 Å². The van der Waals surface area contributed by atoms with Crippen LogP contribution in [0.4, 0.5) is 5.69 Å². The highest BCUT2D eigenvalue weighted by Crippen LogP contribution is 2.23. The summed E-state index contributed by atoms with van der Waals surface area (Å²) in [5.41, 5.74) is 1.02. The molecule has 0 fully saturated rings. The van der Waals surface area contributed by atoms with Crippen LogP contribution in [0.25, 0.3) is 0 Å². The topological polar surface area (TPSA) is 106 Å². The quantitative estimate of drug-likeness (QED) is 0.689. The number of aryl methyl sites for hydroxylation is 1. The molecule has 0 atom stereocenters. The molecule has 0 saturated heterocycles. The number of nitrogens with one attached hydrogen (secondary N) is 1. The summed E-state index contributed by atoms with van der Waals surface area (Å²) < 4.78 is 36.3. The van der Waals surface area contributed by atoms with E-state index in [2.05, 4.69) is 5.32 Å². The summed E-state index contributed by atoms with van der Waals surface area (Å²) in [5.74, 6) is -1.36. The fourth-order valence-electron chi connectivity index (χ4n) is 2.39. The number of sulfonamides is 1. The van der Waals surface area contributed by atoms with E-state index in [-0.39, 0.29) is 10.7 Å². The van der Waals surface area contributed by atoms with Crippen molar-refractivity contribution in [3.05, 3.63) is 47.9 Å². The van der Waals surface area contributed by atoms with Crippen molar-refractivity contribution in [3.63, 3.8) is 0 Å². The number of hydrogen-bond donors (Lipinski definition) is 1. The van der Waals surface area contributed by atoms with E-state index in [0.29, 0.717) is 24.3 Å². The Bertz CT molecular complexity index is 902. The zero-order valence-electron chi connectivity index (χ0n) is 15.4. The van der Waals surface area contributed by atoms with Gasteiger partial charge in [0.2, 0.25) is 15.8 Å². The molecule has 0 radical (unpaired) electrons. The molecule has 0 aliphatic rings. The van der Waals surface area contributed by atoms with Gasteiger partial charge in [-0.15, -0.1) is 0 Å². The molecule has 9 heteroatoms. The fraction of sp³-hybridized carbons (Fsp3) is 0.333. The van der Waals surface area contributed by atoms with Crippen molar-refractivity contribution in [2.75, 3.05) is 25.0 Å². The normalized spacial score (nSPS) is 11.4. The molecule has 1 amide bonds. The number of amides is 1. The molecule has 1 aromatic carbocycles. The number of nitrogens with zero attached hydrogens (tertiary/aromatic N) is 1. The molecule has 0 saturated carbocycles. The van der Waals surface area contributed by atoms with Gasteiger partial charge >= 0.3 is 5.97 Å². The number of benzene rings is 1. The number of carbonyl (C=O) groups is 2. The van der Waals surface area contributed by atoms with E-state index in [1.807, 2.05) is 0 Å². The van der Waals surface area contributed by atoms with Gasteiger partial charge in [0.1, 0.15) is 0 Å². The van der Waals surface area contributed by atoms with E-state index in [0.717, 1.165) is 0 Å². The molecule has 0 aliphatic carbocycles. The molecule has 0 unspecified atom stereocenters. The van der Waals surface area contributed by atoms with Crippen LogP contribution in [0, 0.1) is 6.92 Å². The maximum absolute atomic E-state index is 12.6. The van der Waals surface area contributed by atoms with Crippen LogP contribution in [0.3, 0.4) is 0 Å². The Morgan fingerprint density at radius 1 is 1.19 bits per heavy atom. The second kappa shape index (κ2) is 8.83. The first-order chi connectivity index (χ1) is 12.8. The second-order valence-electron chi connectivity index (χ2n) is 5.67. The Kier molecular flexibility index (Phi) is 6.75. The highest BCUT2D eigenvalue weighted by Gasteiger charge is 2.22. The van der Waals surface area contributed by atoms with Gasteiger partial charge in [0.15, 0.2) is 6.61 Å². The molecule has 146 valence electrons. The zero-order chi connectivity index (χ0) is 20.0. The van der Waals surface area contributed by atoms with E-state index >= 15 is 0 Å². The molecular formula is C18H22N2O6S. The van der Waals surface area contributed by atoms with Crippen molar-refractivity contribution in [3.8, 4) is 0 Å². The predicted molar refractivity (Wildman–Crippen MR) is 98.9 cm³/mol. The lowest BCUT2D eigenvalue weighted by molar-refractivity contribution is -0.119. The standard InChI is InChI=1S/C18H22N2O6S/c1-4-20(5-2)27(23,24)14-9-8-13(3)15(11-14)19-17(21)12-26-18(22)16-7-6-10-25-16/h6-11H,4-5,12H2,1-3H3,(H,19,21). The van der Waals surface area contributed by atoms with Crippen LogP contribution < -0.4 is 5.32 Å². The minimum atomic E-state index is -3.65. The summed E-state index contributed by atoms with van der Waals surface area (Å²) in [6.07, 6.45) is 1.32. The fourth-order valence-corrected chi connectivity index (χ4v) is 3.88. The number of esters is 1. The molecule has 2 aromatic rings. The number of rotatable bonds is 8. The molecule has 1 heterocycles. The first kappa shape index (κ1) is 20.7. The van der Waals surface area contributed by atoms with Crippen molar-refractivity contribution < 1.29 is 27.2 Å². The van der Waals surface area contributed by atoms with Gasteiger partial charge in [-0.2, -0.15) is 4.31 Å². The zero-order valence-corrected chi connectivity index (χ0v) is 16.2. The Labute approximate surface area is 158 Å². The van der Waals surface area contributed by atoms with Gasteiger partial charge in [0.25, 0.3) is 5.91 Å². The van der Waals surface area contributed by atoms with Gasteiger partial charge < -0.3 is 14.5 Å². The summed E-state index contributed by atoms with van der Waals surface area (Å²) in [7, 11) is -3.65. The molecule has 2 rings (SSSR count). The summed E-state index contributed by atoms with van der Waals surface area (Å²) >= 11 is 0. The predicted octanol–water partition coefficient (Wildman–Crippen LogP) is 2.41. The van der Waals surface area contributed by atoms with Crippen LogP contribution in [0.15, 0.2) is 45.9 Å². The van der Waals surface area contributed by atoms with Gasteiger partial charge in [-0.25, -0.2) is 13.2 Å². The van der Waals surface area contributed by atoms with E-state index in [9.17, 15) is 18.0 Å². The minimum Gasteiger partial charge on any atom is -0.457 e. The Morgan fingerprint density at radius 2 is 1.89 bits per heavy atom. The molecule has 1 aromatic heterocycles. The van der Waals surface area contributed by atoms with E-state index in [1.54, 1.807) is 26.8 Å². The second-order valence-corrected chi connectivity index (χ2v) is 7.61. The summed E-state index contributed by atoms with van der Waals surface area (Å²) in [6.45, 7) is 5.41. The van der Waals surface area contributed by atoms with Crippen molar-refractivity contribution >= 4 is 27.6 Å². The molecule has 0 aliphatic heterocycles. The molecule has 1 N–H and O–H groups in total. The number of hydrogen-bond acceptors (Lipinski definition) is 6. The average molecular weight is 394 g/mol. The summed E-state index contributed by atoms with van der Waals surface area (Å²) in [5, 5.41) is 2.57. The van der Waals surface area contributed by atoms with Gasteiger partial charge in [-0.05, 0) is 36.8 Å². The van der Waals surface area contributed by atoms with Crippen molar-refractivity contribution in [1.82, 2.24) is 4.31 Å². The van der Waals surface area contributed by atoms with Crippen molar-refractivity contribution in [2.24, 2.45) is 0 Å². The van der Waals surface area contributed by atoms with Gasteiger partial charge in [0, 0.05) is 18.8 Å². The van der Waals surface area contributed by atoms with Crippen LogP contribution in [-0.2, 0) is 19.6 Å². The first-order valence-corrected chi connectivity index (χ1v) is 9.84. The lowest BCUT2D eigenvalue weighted by Crippen LogP contribution is -2.30. The number of ether oxygens (including phenoxy) is 1. The summed E-state index contributed by atoms with van der Waals surface area (Å²) in [4.78, 5) is 23.8. The van der Waals surface area contributed by atoms with Gasteiger partial charge in [-0.1, -0.05) is 19.9 Å². The molecular weight excluding hydrogens is 372 g/mol. The van der Waals surface area contributed by atoms with E-state index in [1.165, 1.54) is 34.8 Å². The number of carbonyl (C=O) groups excluding carboxylic acids is 2. The molecule has 8 nitrogen and oxygen atoms in total. The minimum absolute atomic E-state index is 0.00806. The van der Waals surface area contributed by atoms with Crippen LogP contribution in [0.1, 0.15) is 30.0 Å². The molecule has 0 bridgehead atoms. The van der Waals surface area contributed by atoms with Crippen LogP contribution >= 0.6 is 0 Å². The third-order valence-electron chi connectivity index (χ3n) is 3.88. The SMILES string of the molecule is CCN(CC)S(=O)(=O)c1ccc(C)c(NC(=O)COC(=O)c2ccco2)c1. The van der Waals surface area contributed by atoms with Crippen LogP contribution in [0.5, 0.6) is 0 Å². The smallest absolute Gasteiger partial charge is 0.374 e. The largest absolute Gasteiger partial charge is 0.457 e. The van der Waals surface area contributed by atoms with Crippen molar-refractivity contribution in [1.29, 1.82) is 0 Å². The Morgan fingerprint density at radius 3 is 2.48 bits per heavy atom. The molecule has 0 spiro atoms. The maximum Gasteiger partial charge on any atom is 0.374 e. The lowest BCUT2D eigenvalue weighted by Gasteiger charge is -2.19. The monoisotopic (exact) mass is 394 g/mol. The Balaban J connectivity index is 2.10. The molecule has 27 heavy (non-hydrogen) atoms. The van der Waals surface area contributed by atoms with Gasteiger partial charge in [0.05, 0.1) is 11.2 Å². The third-order valence-corrected chi connectivity index (χ3v) is 5.93. The Hall–Kier alpha value is -2.65. The average Bonchev–Trinajstić information content (AvgIpc) is 3.17. The van der Waals surface area contributed by atoms with Gasteiger partial charge in [-0.3, -0.25) is 4.79 Å². The third kappa shape index (κ3) is 4.95. The first-order valence-electron chi connectivity index (χ1n) is 8.40. The van der Waals surface area contributed by atoms with Crippen LogP contribution in [-0.4, -0.2) is 44.3 Å². The highest BCUT2D eigenvalue weighted by molar-refractivity contribution is 7.89. The summed E-state index contributed by atoms with van der Waals surface area (Å²) in [6, 6.07) is 7.46. The van der Waals surface area contributed by atoms with E-state index in [4.69, 9.17) is 9.15 Å². The number of furan rings is 1. The number of anilines is 1. The maximum atomic E-state index is 12.6. The van der Waals surface area contributed by atoms with E-state index < -0.39 is 28.5 Å².